The first-order chi connectivity index (χ1) is 14.9. The van der Waals surface area contributed by atoms with Crippen molar-refractivity contribution in [2.24, 2.45) is 10.9 Å². The van der Waals surface area contributed by atoms with Gasteiger partial charge in [-0.1, -0.05) is 36.4 Å². The molecule has 0 aromatic heterocycles. The Morgan fingerprint density at radius 3 is 2.39 bits per heavy atom. The summed E-state index contributed by atoms with van der Waals surface area (Å²) >= 11 is 0. The van der Waals surface area contributed by atoms with Crippen LogP contribution in [0.5, 0.6) is 5.75 Å². The summed E-state index contributed by atoms with van der Waals surface area (Å²) in [4.78, 5) is 4.29. The van der Waals surface area contributed by atoms with E-state index in [1.54, 1.807) is 7.05 Å². The summed E-state index contributed by atoms with van der Waals surface area (Å²) in [6.45, 7) is 4.05. The molecule has 7 nitrogen and oxygen atoms in total. The van der Waals surface area contributed by atoms with Crippen LogP contribution >= 0.6 is 0 Å². The maximum atomic E-state index is 11.7. The van der Waals surface area contributed by atoms with Gasteiger partial charge in [-0.2, -0.15) is 0 Å². The van der Waals surface area contributed by atoms with Gasteiger partial charge in [0.1, 0.15) is 5.75 Å². The van der Waals surface area contributed by atoms with Crippen molar-refractivity contribution in [3.8, 4) is 5.75 Å². The van der Waals surface area contributed by atoms with E-state index in [1.165, 1.54) is 25.5 Å². The number of hydrogen-bond donors (Lipinski definition) is 3. The second-order valence-electron chi connectivity index (χ2n) is 7.92. The first-order valence-corrected chi connectivity index (χ1v) is 12.2. The van der Waals surface area contributed by atoms with Gasteiger partial charge >= 0.3 is 0 Å². The van der Waals surface area contributed by atoms with Crippen LogP contribution in [0.15, 0.2) is 47.5 Å². The van der Waals surface area contributed by atoms with Gasteiger partial charge in [-0.05, 0) is 55.5 Å². The fraction of sp³-hybridized carbons (Fsp3) is 0.435. The van der Waals surface area contributed by atoms with Crippen LogP contribution in [0.1, 0.15) is 35.1 Å². The number of rotatable bonds is 10. The molecule has 2 aromatic carbocycles. The summed E-state index contributed by atoms with van der Waals surface area (Å²) in [6, 6.07) is 13.8. The van der Waals surface area contributed by atoms with Gasteiger partial charge in [-0.15, -0.1) is 0 Å². The molecular weight excluding hydrogens is 412 g/mol. The van der Waals surface area contributed by atoms with E-state index in [9.17, 15) is 8.42 Å². The highest BCUT2D eigenvalue weighted by Gasteiger charge is 2.22. The number of sulfonamides is 1. The summed E-state index contributed by atoms with van der Waals surface area (Å²) in [7, 11) is -0.107. The molecule has 0 heterocycles. The molecule has 0 unspecified atom stereocenters. The van der Waals surface area contributed by atoms with Crippen LogP contribution < -0.4 is 20.1 Å². The molecule has 1 aliphatic carbocycles. The van der Waals surface area contributed by atoms with Crippen LogP contribution in [0, 0.1) is 12.8 Å². The second-order valence-corrected chi connectivity index (χ2v) is 9.85. The van der Waals surface area contributed by atoms with Crippen molar-refractivity contribution in [2.45, 2.75) is 38.6 Å². The third-order valence-electron chi connectivity index (χ3n) is 5.21. The van der Waals surface area contributed by atoms with E-state index in [2.05, 4.69) is 45.5 Å². The quantitative estimate of drug-likeness (QED) is 0.387. The third kappa shape index (κ3) is 7.56. The van der Waals surface area contributed by atoms with Crippen molar-refractivity contribution < 1.29 is 13.2 Å². The van der Waals surface area contributed by atoms with Crippen LogP contribution in [0.4, 0.5) is 0 Å². The van der Waals surface area contributed by atoms with Gasteiger partial charge in [0.15, 0.2) is 5.96 Å². The Morgan fingerprint density at radius 2 is 1.74 bits per heavy atom. The average molecular weight is 445 g/mol. The predicted octanol–water partition coefficient (Wildman–Crippen LogP) is 2.70. The maximum Gasteiger partial charge on any atom is 0.215 e. The molecule has 1 saturated carbocycles. The summed E-state index contributed by atoms with van der Waals surface area (Å²) < 4.78 is 31.7. The van der Waals surface area contributed by atoms with E-state index >= 15 is 0 Å². The first-order valence-electron chi connectivity index (χ1n) is 10.5. The number of hydrogen-bond acceptors (Lipinski definition) is 4. The first kappa shape index (κ1) is 23.1. The SMILES string of the molecule is CN=C(NCc1ccc(CS(=O)(=O)NC)cc1)NCc1ccc(C)cc1OCC1CC1. The van der Waals surface area contributed by atoms with Crippen LogP contribution in [-0.4, -0.2) is 35.1 Å². The molecule has 0 radical (unpaired) electrons. The maximum absolute atomic E-state index is 11.7. The van der Waals surface area contributed by atoms with Gasteiger partial charge in [0.25, 0.3) is 0 Å². The zero-order valence-corrected chi connectivity index (χ0v) is 19.3. The minimum Gasteiger partial charge on any atom is -0.493 e. The normalized spacial score (nSPS) is 14.4. The van der Waals surface area contributed by atoms with E-state index in [0.29, 0.717) is 25.0 Å². The number of nitrogens with one attached hydrogen (secondary N) is 3. The van der Waals surface area contributed by atoms with Crippen molar-refractivity contribution in [2.75, 3.05) is 20.7 Å². The monoisotopic (exact) mass is 444 g/mol. The highest BCUT2D eigenvalue weighted by atomic mass is 32.2. The fourth-order valence-electron chi connectivity index (χ4n) is 3.06. The Kier molecular flexibility index (Phi) is 7.92. The number of nitrogens with zero attached hydrogens (tertiary/aromatic N) is 1. The minimum absolute atomic E-state index is 0.0257. The number of aryl methyl sites for hydroxylation is 1. The molecule has 2 aromatic rings. The zero-order valence-electron chi connectivity index (χ0n) is 18.4. The Hall–Kier alpha value is -2.58. The molecule has 31 heavy (non-hydrogen) atoms. The number of guanidine groups is 1. The lowest BCUT2D eigenvalue weighted by molar-refractivity contribution is 0.296. The highest BCUT2D eigenvalue weighted by Crippen LogP contribution is 2.30. The molecule has 8 heteroatoms. The van der Waals surface area contributed by atoms with E-state index < -0.39 is 10.0 Å². The molecule has 0 aliphatic heterocycles. The molecular formula is C23H32N4O3S. The molecule has 3 N–H and O–H groups in total. The van der Waals surface area contributed by atoms with Gasteiger partial charge in [0.2, 0.25) is 10.0 Å². The zero-order chi connectivity index (χ0) is 22.3. The highest BCUT2D eigenvalue weighted by molar-refractivity contribution is 7.88. The van der Waals surface area contributed by atoms with Crippen LogP contribution in [0.2, 0.25) is 0 Å². The molecule has 0 spiro atoms. The number of benzene rings is 2. The van der Waals surface area contributed by atoms with Gasteiger partial charge < -0.3 is 15.4 Å². The molecule has 0 saturated heterocycles. The van der Waals surface area contributed by atoms with Gasteiger partial charge in [0.05, 0.1) is 12.4 Å². The van der Waals surface area contributed by atoms with Crippen molar-refractivity contribution >= 4 is 16.0 Å². The summed E-state index contributed by atoms with van der Waals surface area (Å²) in [5.41, 5.74) is 4.07. The third-order valence-corrected chi connectivity index (χ3v) is 6.55. The van der Waals surface area contributed by atoms with Gasteiger partial charge in [-0.3, -0.25) is 4.99 Å². The summed E-state index contributed by atoms with van der Waals surface area (Å²) in [6.07, 6.45) is 2.53. The lowest BCUT2D eigenvalue weighted by Gasteiger charge is -2.15. The van der Waals surface area contributed by atoms with Gasteiger partial charge in [0, 0.05) is 25.7 Å². The Balaban J connectivity index is 1.52. The Labute approximate surface area is 185 Å². The summed E-state index contributed by atoms with van der Waals surface area (Å²) in [5, 5.41) is 6.63. The van der Waals surface area contributed by atoms with Crippen molar-refractivity contribution in [1.82, 2.24) is 15.4 Å². The molecule has 1 aliphatic rings. The lowest BCUT2D eigenvalue weighted by Crippen LogP contribution is -2.36. The molecule has 168 valence electrons. The van der Waals surface area contributed by atoms with Crippen molar-refractivity contribution in [1.29, 1.82) is 0 Å². The van der Waals surface area contributed by atoms with Crippen molar-refractivity contribution in [3.63, 3.8) is 0 Å². The topological polar surface area (TPSA) is 91.8 Å². The number of aliphatic imine (C=N–C) groups is 1. The molecule has 0 amide bonds. The fourth-order valence-corrected chi connectivity index (χ4v) is 3.84. The van der Waals surface area contributed by atoms with E-state index in [0.717, 1.165) is 29.0 Å². The lowest BCUT2D eigenvalue weighted by atomic mass is 10.1. The molecule has 0 atom stereocenters. The van der Waals surface area contributed by atoms with Crippen LogP contribution in [0.25, 0.3) is 0 Å². The predicted molar refractivity (Wildman–Crippen MR) is 125 cm³/mol. The van der Waals surface area contributed by atoms with E-state index in [-0.39, 0.29) is 5.75 Å². The van der Waals surface area contributed by atoms with E-state index in [4.69, 9.17) is 4.74 Å². The average Bonchev–Trinajstić information content (AvgIpc) is 3.59. The second kappa shape index (κ2) is 10.6. The number of ether oxygens (including phenoxy) is 1. The molecule has 0 bridgehead atoms. The standard InChI is InChI=1S/C23H32N4O3S/c1-17-4-11-21(22(12-17)30-15-19-7-8-19)14-27-23(24-2)26-13-18-5-9-20(10-6-18)16-31(28,29)25-3/h4-6,9-12,19,25H,7-8,13-16H2,1-3H3,(H2,24,26,27). The largest absolute Gasteiger partial charge is 0.493 e. The molecule has 3 rings (SSSR count). The van der Waals surface area contributed by atoms with Crippen LogP contribution in [0.3, 0.4) is 0 Å². The summed E-state index contributed by atoms with van der Waals surface area (Å²) in [5.74, 6) is 2.31. The Bertz CT molecular complexity index is 1000. The minimum atomic E-state index is -3.27. The van der Waals surface area contributed by atoms with E-state index in [1.807, 2.05) is 24.3 Å². The van der Waals surface area contributed by atoms with Crippen LogP contribution in [-0.2, 0) is 28.9 Å². The van der Waals surface area contributed by atoms with Crippen molar-refractivity contribution in [3.05, 3.63) is 64.7 Å². The smallest absolute Gasteiger partial charge is 0.215 e. The Morgan fingerprint density at radius 1 is 1.06 bits per heavy atom. The van der Waals surface area contributed by atoms with Gasteiger partial charge in [-0.25, -0.2) is 13.1 Å². The molecule has 1 fully saturated rings.